The SMILES string of the molecule is O=C(NCCO)C(c1ccc(O)c(O)c1)N1CCc2sccc2C1. The summed E-state index contributed by atoms with van der Waals surface area (Å²) in [7, 11) is 0. The molecule has 4 N–H and O–H groups in total. The lowest BCUT2D eigenvalue weighted by Crippen LogP contribution is -2.43. The Labute approximate surface area is 144 Å². The summed E-state index contributed by atoms with van der Waals surface area (Å²) in [5.74, 6) is -0.694. The van der Waals surface area contributed by atoms with Crippen LogP contribution in [0, 0.1) is 0 Å². The van der Waals surface area contributed by atoms with Crippen LogP contribution in [0.1, 0.15) is 22.0 Å². The first-order chi connectivity index (χ1) is 11.6. The van der Waals surface area contributed by atoms with E-state index in [0.717, 1.165) is 13.0 Å². The van der Waals surface area contributed by atoms with Gasteiger partial charge in [0.15, 0.2) is 11.5 Å². The lowest BCUT2D eigenvalue weighted by atomic mass is 10.00. The van der Waals surface area contributed by atoms with Crippen molar-refractivity contribution >= 4 is 17.2 Å². The van der Waals surface area contributed by atoms with Gasteiger partial charge in [-0.15, -0.1) is 11.3 Å². The van der Waals surface area contributed by atoms with Crippen LogP contribution >= 0.6 is 11.3 Å². The normalized spacial score (nSPS) is 15.7. The molecule has 0 spiro atoms. The van der Waals surface area contributed by atoms with E-state index in [9.17, 15) is 15.0 Å². The Morgan fingerprint density at radius 2 is 2.12 bits per heavy atom. The second kappa shape index (κ2) is 7.21. The number of nitrogens with zero attached hydrogens (tertiary/aromatic N) is 1. The van der Waals surface area contributed by atoms with Gasteiger partial charge < -0.3 is 20.6 Å². The Hall–Kier alpha value is -2.09. The molecule has 1 aromatic carbocycles. The first-order valence-electron chi connectivity index (χ1n) is 7.80. The van der Waals surface area contributed by atoms with Crippen molar-refractivity contribution in [2.75, 3.05) is 19.7 Å². The van der Waals surface area contributed by atoms with Crippen LogP contribution < -0.4 is 5.32 Å². The van der Waals surface area contributed by atoms with Crippen LogP contribution in [0.5, 0.6) is 11.5 Å². The Kier molecular flexibility index (Phi) is 5.03. The van der Waals surface area contributed by atoms with Crippen LogP contribution in [0.25, 0.3) is 0 Å². The number of aliphatic hydroxyl groups is 1. The number of fused-ring (bicyclic) bond motifs is 1. The monoisotopic (exact) mass is 348 g/mol. The summed E-state index contributed by atoms with van der Waals surface area (Å²) in [5.41, 5.74) is 1.83. The van der Waals surface area contributed by atoms with E-state index in [1.807, 2.05) is 4.90 Å². The van der Waals surface area contributed by atoms with Crippen molar-refractivity contribution in [2.45, 2.75) is 19.0 Å². The van der Waals surface area contributed by atoms with Crippen molar-refractivity contribution in [1.82, 2.24) is 10.2 Å². The molecule has 7 heteroatoms. The molecule has 2 aromatic rings. The van der Waals surface area contributed by atoms with E-state index in [0.29, 0.717) is 12.1 Å². The van der Waals surface area contributed by atoms with Gasteiger partial charge in [-0.05, 0) is 41.1 Å². The van der Waals surface area contributed by atoms with Gasteiger partial charge in [0.1, 0.15) is 6.04 Å². The van der Waals surface area contributed by atoms with Gasteiger partial charge >= 0.3 is 0 Å². The molecule has 0 bridgehead atoms. The minimum atomic E-state index is -0.587. The smallest absolute Gasteiger partial charge is 0.242 e. The van der Waals surface area contributed by atoms with E-state index in [1.54, 1.807) is 17.4 Å². The fourth-order valence-electron chi connectivity index (χ4n) is 3.01. The van der Waals surface area contributed by atoms with Crippen LogP contribution in [0.3, 0.4) is 0 Å². The minimum Gasteiger partial charge on any atom is -0.504 e. The summed E-state index contributed by atoms with van der Waals surface area (Å²) in [4.78, 5) is 16.0. The number of aliphatic hydroxyl groups excluding tert-OH is 1. The zero-order chi connectivity index (χ0) is 17.1. The largest absolute Gasteiger partial charge is 0.504 e. The van der Waals surface area contributed by atoms with Gasteiger partial charge in [0.05, 0.1) is 6.61 Å². The van der Waals surface area contributed by atoms with Crippen molar-refractivity contribution in [3.63, 3.8) is 0 Å². The van der Waals surface area contributed by atoms with Crippen molar-refractivity contribution in [3.05, 3.63) is 45.6 Å². The highest BCUT2D eigenvalue weighted by Crippen LogP contribution is 2.34. The molecule has 2 heterocycles. The number of rotatable bonds is 5. The molecule has 3 rings (SSSR count). The third kappa shape index (κ3) is 3.38. The molecule has 0 saturated carbocycles. The summed E-state index contributed by atoms with van der Waals surface area (Å²) in [5, 5.41) is 33.0. The molecule has 24 heavy (non-hydrogen) atoms. The number of thiophene rings is 1. The van der Waals surface area contributed by atoms with Crippen molar-refractivity contribution in [2.24, 2.45) is 0 Å². The number of carbonyl (C=O) groups excluding carboxylic acids is 1. The highest BCUT2D eigenvalue weighted by molar-refractivity contribution is 7.10. The number of hydrogen-bond acceptors (Lipinski definition) is 6. The molecule has 6 nitrogen and oxygen atoms in total. The van der Waals surface area contributed by atoms with Gasteiger partial charge in [-0.2, -0.15) is 0 Å². The van der Waals surface area contributed by atoms with Crippen molar-refractivity contribution < 1.29 is 20.1 Å². The van der Waals surface area contributed by atoms with Gasteiger partial charge in [0.25, 0.3) is 0 Å². The van der Waals surface area contributed by atoms with Crippen LogP contribution in [-0.4, -0.2) is 45.8 Å². The second-order valence-corrected chi connectivity index (χ2v) is 6.76. The summed E-state index contributed by atoms with van der Waals surface area (Å²) in [6, 6.07) is 5.93. The van der Waals surface area contributed by atoms with E-state index in [4.69, 9.17) is 5.11 Å². The van der Waals surface area contributed by atoms with E-state index >= 15 is 0 Å². The molecule has 0 radical (unpaired) electrons. The molecule has 1 aromatic heterocycles. The van der Waals surface area contributed by atoms with Crippen LogP contribution in [0.4, 0.5) is 0 Å². The minimum absolute atomic E-state index is 0.131. The molecule has 1 aliphatic rings. The zero-order valence-electron chi connectivity index (χ0n) is 13.1. The molecule has 1 atom stereocenters. The number of carbonyl (C=O) groups is 1. The van der Waals surface area contributed by atoms with Gasteiger partial charge in [-0.25, -0.2) is 0 Å². The standard InChI is InChI=1S/C17H20N2O4S/c20-7-5-18-17(23)16(11-1-2-13(21)14(22)9-11)19-6-3-15-12(10-19)4-8-24-15/h1-2,4,8-9,16,20-22H,3,5-7,10H2,(H,18,23). The molecular weight excluding hydrogens is 328 g/mol. The molecule has 0 fully saturated rings. The molecule has 1 unspecified atom stereocenters. The van der Waals surface area contributed by atoms with Gasteiger partial charge in [0.2, 0.25) is 5.91 Å². The predicted octanol–water partition coefficient (Wildman–Crippen LogP) is 1.37. The van der Waals surface area contributed by atoms with E-state index < -0.39 is 6.04 Å². The first kappa shape index (κ1) is 16.8. The Balaban J connectivity index is 1.90. The number of amides is 1. The first-order valence-corrected chi connectivity index (χ1v) is 8.68. The maximum Gasteiger partial charge on any atom is 0.242 e. The maximum absolute atomic E-state index is 12.6. The summed E-state index contributed by atoms with van der Waals surface area (Å²) in [6.07, 6.45) is 0.876. The zero-order valence-corrected chi connectivity index (χ0v) is 13.9. The highest BCUT2D eigenvalue weighted by Gasteiger charge is 2.31. The van der Waals surface area contributed by atoms with Gasteiger partial charge in [-0.3, -0.25) is 9.69 Å². The van der Waals surface area contributed by atoms with E-state index in [2.05, 4.69) is 16.8 Å². The number of nitrogens with one attached hydrogen (secondary N) is 1. The number of phenolic OH excluding ortho intramolecular Hbond substituents is 2. The van der Waals surface area contributed by atoms with Crippen LogP contribution in [0.15, 0.2) is 29.6 Å². The topological polar surface area (TPSA) is 93.0 Å². The van der Waals surface area contributed by atoms with E-state index in [-0.39, 0.29) is 30.6 Å². The molecule has 1 amide bonds. The molecule has 128 valence electrons. The maximum atomic E-state index is 12.6. The number of hydrogen-bond donors (Lipinski definition) is 4. The summed E-state index contributed by atoms with van der Waals surface area (Å²) in [6.45, 7) is 1.43. The third-order valence-corrected chi connectivity index (χ3v) is 5.20. The predicted molar refractivity (Wildman–Crippen MR) is 91.0 cm³/mol. The highest BCUT2D eigenvalue weighted by atomic mass is 32.1. The number of benzene rings is 1. The Morgan fingerprint density at radius 3 is 2.88 bits per heavy atom. The fourth-order valence-corrected chi connectivity index (χ4v) is 3.89. The summed E-state index contributed by atoms with van der Waals surface area (Å²) >= 11 is 1.73. The third-order valence-electron chi connectivity index (χ3n) is 4.18. The molecule has 1 aliphatic heterocycles. The lowest BCUT2D eigenvalue weighted by molar-refractivity contribution is -0.127. The van der Waals surface area contributed by atoms with Crippen molar-refractivity contribution in [1.29, 1.82) is 0 Å². The molecular formula is C17H20N2O4S. The average Bonchev–Trinajstić information content (AvgIpc) is 3.04. The number of aromatic hydroxyl groups is 2. The number of phenols is 2. The van der Waals surface area contributed by atoms with E-state index in [1.165, 1.54) is 22.6 Å². The Morgan fingerprint density at radius 1 is 1.29 bits per heavy atom. The summed E-state index contributed by atoms with van der Waals surface area (Å²) < 4.78 is 0. The Bertz CT molecular complexity index is 731. The average molecular weight is 348 g/mol. The second-order valence-electron chi connectivity index (χ2n) is 5.75. The quantitative estimate of drug-likeness (QED) is 0.613. The van der Waals surface area contributed by atoms with Gasteiger partial charge in [-0.1, -0.05) is 6.07 Å². The lowest BCUT2D eigenvalue weighted by Gasteiger charge is -2.34. The van der Waals surface area contributed by atoms with Gasteiger partial charge in [0, 0.05) is 24.5 Å². The van der Waals surface area contributed by atoms with Crippen LogP contribution in [-0.2, 0) is 17.8 Å². The molecule has 0 aliphatic carbocycles. The molecule has 0 saturated heterocycles. The van der Waals surface area contributed by atoms with Crippen molar-refractivity contribution in [3.8, 4) is 11.5 Å². The van der Waals surface area contributed by atoms with Crippen LogP contribution in [0.2, 0.25) is 0 Å². The fraction of sp³-hybridized carbons (Fsp3) is 0.353.